The molecule has 2 amide bonds. The number of hydrogen-bond donors (Lipinski definition) is 2. The van der Waals surface area contributed by atoms with Gasteiger partial charge in [-0.2, -0.15) is 0 Å². The third-order valence-corrected chi connectivity index (χ3v) is 9.84. The molecule has 2 aromatic carbocycles. The first-order chi connectivity index (χ1) is 25.3. The van der Waals surface area contributed by atoms with Crippen LogP contribution < -0.4 is 14.8 Å². The number of β-amino-alcohol motifs (C(OH)–C–C–N with tert-alkyl or cyclic N) is 1. The van der Waals surface area contributed by atoms with Gasteiger partial charge in [-0.1, -0.05) is 53.5 Å². The average molecular weight is 763 g/mol. The molecule has 2 atom stereocenters. The Morgan fingerprint density at radius 1 is 1.11 bits per heavy atom. The minimum absolute atomic E-state index is 0.0310. The van der Waals surface area contributed by atoms with Gasteiger partial charge >= 0.3 is 6.09 Å². The van der Waals surface area contributed by atoms with E-state index in [1.165, 1.54) is 7.11 Å². The number of halogens is 2. The summed E-state index contributed by atoms with van der Waals surface area (Å²) in [6, 6.07) is 17.0. The third kappa shape index (κ3) is 9.21. The Hall–Kier alpha value is -4.42. The Morgan fingerprint density at radius 2 is 1.89 bits per heavy atom. The van der Waals surface area contributed by atoms with Crippen molar-refractivity contribution in [2.75, 3.05) is 33.4 Å². The van der Waals surface area contributed by atoms with Crippen LogP contribution in [0.3, 0.4) is 0 Å². The van der Waals surface area contributed by atoms with Gasteiger partial charge in [-0.3, -0.25) is 14.7 Å². The second-order valence-corrected chi connectivity index (χ2v) is 15.2. The number of ether oxygens (including phenoxy) is 3. The second kappa shape index (κ2) is 16.3. The summed E-state index contributed by atoms with van der Waals surface area (Å²) in [6.45, 7) is 10.1. The van der Waals surface area contributed by atoms with Gasteiger partial charge in [0.05, 0.1) is 41.2 Å². The minimum atomic E-state index is -0.697. The number of aliphatic hydroxyl groups is 1. The van der Waals surface area contributed by atoms with E-state index in [0.29, 0.717) is 88.6 Å². The standard InChI is InChI=1S/C40H45Cl2N5O6/c1-24(48)20-46-17-18-52-33-19-25(9-10-26(33)21-46)37-36(42)30(15-16-43-37)29-7-6-8-31(35(29)41)32-13-11-27(38(45-32)51-5)22-47(39(50)53-40(2,3)4)23-28-12-14-34(49)44-28/h6-11,13,15-16,19,24,28,48H,12,14,17-18,20-23H2,1-5H3,(H,44,49)/t24-,28-/m0/s1. The first-order valence-corrected chi connectivity index (χ1v) is 18.5. The van der Waals surface area contributed by atoms with Crippen LogP contribution in [-0.4, -0.2) is 88.0 Å². The van der Waals surface area contributed by atoms with Crippen molar-refractivity contribution in [3.8, 4) is 45.3 Å². The van der Waals surface area contributed by atoms with Crippen LogP contribution in [-0.2, 0) is 22.6 Å². The van der Waals surface area contributed by atoms with Crippen molar-refractivity contribution in [2.24, 2.45) is 0 Å². The number of methoxy groups -OCH3 is 1. The molecule has 0 aliphatic carbocycles. The molecule has 2 aliphatic rings. The number of hydrogen-bond acceptors (Lipinski definition) is 9. The Kier molecular flexibility index (Phi) is 11.8. The topological polar surface area (TPSA) is 126 Å². The fourth-order valence-electron chi connectivity index (χ4n) is 6.62. The number of nitrogens with zero attached hydrogens (tertiary/aromatic N) is 4. The number of rotatable bonds is 10. The first-order valence-electron chi connectivity index (χ1n) is 17.7. The van der Waals surface area contributed by atoms with E-state index in [2.05, 4.69) is 15.2 Å². The summed E-state index contributed by atoms with van der Waals surface area (Å²) in [4.78, 5) is 38.4. The van der Waals surface area contributed by atoms with Crippen LogP contribution in [0.15, 0.2) is 60.8 Å². The normalized spacial score (nSPS) is 16.6. The van der Waals surface area contributed by atoms with Crippen LogP contribution in [0.2, 0.25) is 10.0 Å². The number of amides is 2. The molecule has 1 fully saturated rings. The summed E-state index contributed by atoms with van der Waals surface area (Å²) in [5.74, 6) is 1.06. The number of carbonyl (C=O) groups is 2. The molecule has 280 valence electrons. The van der Waals surface area contributed by atoms with Gasteiger partial charge in [0.1, 0.15) is 18.0 Å². The quantitative estimate of drug-likeness (QED) is 0.170. The number of carbonyl (C=O) groups excluding carboxylic acids is 2. The average Bonchev–Trinajstić information content (AvgIpc) is 3.41. The summed E-state index contributed by atoms with van der Waals surface area (Å²) in [5.41, 5.74) is 5.06. The highest BCUT2D eigenvalue weighted by Crippen LogP contribution is 2.42. The molecule has 1 saturated heterocycles. The summed E-state index contributed by atoms with van der Waals surface area (Å²) in [7, 11) is 1.53. The van der Waals surface area contributed by atoms with Gasteiger partial charge in [-0.15, -0.1) is 0 Å². The van der Waals surface area contributed by atoms with Gasteiger partial charge in [-0.25, -0.2) is 9.78 Å². The summed E-state index contributed by atoms with van der Waals surface area (Å²) in [6.07, 6.45) is 1.85. The maximum atomic E-state index is 13.3. The maximum Gasteiger partial charge on any atom is 0.410 e. The molecule has 0 radical (unpaired) electrons. The molecule has 4 heterocycles. The van der Waals surface area contributed by atoms with Crippen molar-refractivity contribution < 1.29 is 28.9 Å². The number of pyridine rings is 2. The van der Waals surface area contributed by atoms with E-state index < -0.39 is 17.8 Å². The molecule has 2 N–H and O–H groups in total. The lowest BCUT2D eigenvalue weighted by atomic mass is 9.99. The number of benzene rings is 2. The molecule has 0 bridgehead atoms. The molecule has 2 aliphatic heterocycles. The molecule has 0 saturated carbocycles. The van der Waals surface area contributed by atoms with Crippen LogP contribution in [0.4, 0.5) is 4.79 Å². The molecule has 13 heteroatoms. The fourth-order valence-corrected chi connectivity index (χ4v) is 7.27. The van der Waals surface area contributed by atoms with Crippen LogP contribution in [0.25, 0.3) is 33.6 Å². The van der Waals surface area contributed by atoms with Crippen molar-refractivity contribution in [3.05, 3.63) is 82.0 Å². The predicted molar refractivity (Wildman–Crippen MR) is 205 cm³/mol. The Bertz CT molecular complexity index is 1980. The zero-order valence-electron chi connectivity index (χ0n) is 30.6. The highest BCUT2D eigenvalue weighted by Gasteiger charge is 2.29. The van der Waals surface area contributed by atoms with Crippen LogP contribution >= 0.6 is 23.2 Å². The number of aromatic nitrogens is 2. The van der Waals surface area contributed by atoms with E-state index in [4.69, 9.17) is 42.4 Å². The summed E-state index contributed by atoms with van der Waals surface area (Å²) in [5, 5.41) is 13.7. The van der Waals surface area contributed by atoms with E-state index in [1.807, 2.05) is 75.4 Å². The third-order valence-electron chi connectivity index (χ3n) is 9.05. The lowest BCUT2D eigenvalue weighted by Gasteiger charge is -2.29. The lowest BCUT2D eigenvalue weighted by Crippen LogP contribution is -2.43. The molecule has 0 spiro atoms. The van der Waals surface area contributed by atoms with Crippen molar-refractivity contribution in [3.63, 3.8) is 0 Å². The summed E-state index contributed by atoms with van der Waals surface area (Å²) < 4.78 is 17.5. The van der Waals surface area contributed by atoms with Crippen molar-refractivity contribution in [2.45, 2.75) is 71.4 Å². The van der Waals surface area contributed by atoms with Gasteiger partial charge in [-0.05, 0) is 58.4 Å². The van der Waals surface area contributed by atoms with E-state index in [1.54, 1.807) is 18.0 Å². The smallest absolute Gasteiger partial charge is 0.410 e. The van der Waals surface area contributed by atoms with Crippen LogP contribution in [0.5, 0.6) is 11.6 Å². The Morgan fingerprint density at radius 3 is 2.60 bits per heavy atom. The lowest BCUT2D eigenvalue weighted by molar-refractivity contribution is -0.119. The minimum Gasteiger partial charge on any atom is -0.492 e. The largest absolute Gasteiger partial charge is 0.492 e. The van der Waals surface area contributed by atoms with E-state index in [-0.39, 0.29) is 25.0 Å². The monoisotopic (exact) mass is 761 g/mol. The number of aliphatic hydroxyl groups excluding tert-OH is 1. The van der Waals surface area contributed by atoms with Crippen molar-refractivity contribution in [1.29, 1.82) is 0 Å². The zero-order chi connectivity index (χ0) is 37.9. The van der Waals surface area contributed by atoms with E-state index in [0.717, 1.165) is 16.9 Å². The molecular formula is C40H45Cl2N5O6. The van der Waals surface area contributed by atoms with Gasteiger partial charge < -0.3 is 29.5 Å². The van der Waals surface area contributed by atoms with Gasteiger partial charge in [0.25, 0.3) is 0 Å². The van der Waals surface area contributed by atoms with Crippen molar-refractivity contribution in [1.82, 2.24) is 25.1 Å². The van der Waals surface area contributed by atoms with E-state index >= 15 is 0 Å². The Labute approximate surface area is 320 Å². The van der Waals surface area contributed by atoms with Gasteiger partial charge in [0, 0.05) is 78.2 Å². The summed E-state index contributed by atoms with van der Waals surface area (Å²) >= 11 is 14.2. The van der Waals surface area contributed by atoms with Crippen LogP contribution in [0, 0.1) is 0 Å². The molecule has 2 aromatic heterocycles. The maximum absolute atomic E-state index is 13.3. The van der Waals surface area contributed by atoms with E-state index in [9.17, 15) is 14.7 Å². The molecular weight excluding hydrogens is 717 g/mol. The Balaban J connectivity index is 1.27. The molecule has 4 aromatic rings. The SMILES string of the molecule is COc1nc(-c2cccc(-c3ccnc(-c4ccc5c(c4)OCCN(C[C@H](C)O)C5)c3Cl)c2Cl)ccc1CN(C[C@@H]1CCC(=O)N1)C(=O)OC(C)(C)C. The second-order valence-electron chi connectivity index (χ2n) is 14.5. The molecule has 0 unspecified atom stereocenters. The molecule has 6 rings (SSSR count). The first kappa shape index (κ1) is 38.3. The number of nitrogens with one attached hydrogen (secondary N) is 1. The zero-order valence-corrected chi connectivity index (χ0v) is 32.1. The highest BCUT2D eigenvalue weighted by molar-refractivity contribution is 6.39. The molecule has 11 nitrogen and oxygen atoms in total. The van der Waals surface area contributed by atoms with Gasteiger partial charge in [0.15, 0.2) is 0 Å². The molecule has 53 heavy (non-hydrogen) atoms. The predicted octanol–water partition coefficient (Wildman–Crippen LogP) is 7.38. The van der Waals surface area contributed by atoms with Crippen molar-refractivity contribution >= 4 is 35.2 Å². The fraction of sp³-hybridized carbons (Fsp3) is 0.400. The van der Waals surface area contributed by atoms with Gasteiger partial charge in [0.2, 0.25) is 11.8 Å². The van der Waals surface area contributed by atoms with Crippen LogP contribution in [0.1, 0.15) is 51.7 Å². The highest BCUT2D eigenvalue weighted by atomic mass is 35.5. The number of fused-ring (bicyclic) bond motifs is 1.